The summed E-state index contributed by atoms with van der Waals surface area (Å²) < 4.78 is 7.12. The first-order valence-electron chi connectivity index (χ1n) is 11.4. The van der Waals surface area contributed by atoms with Crippen molar-refractivity contribution in [2.24, 2.45) is 0 Å². The van der Waals surface area contributed by atoms with Crippen LogP contribution in [0.4, 0.5) is 10.5 Å². The van der Waals surface area contributed by atoms with E-state index in [2.05, 4.69) is 16.8 Å². The molecule has 9 heteroatoms. The Hall–Kier alpha value is -2.52. The number of aromatic nitrogens is 2. The fourth-order valence-electron chi connectivity index (χ4n) is 4.86. The third-order valence-electron chi connectivity index (χ3n) is 6.57. The van der Waals surface area contributed by atoms with E-state index >= 15 is 0 Å². The van der Waals surface area contributed by atoms with Gasteiger partial charge in [0.2, 0.25) is 0 Å². The van der Waals surface area contributed by atoms with Crippen molar-refractivity contribution in [2.75, 3.05) is 33.2 Å². The number of nitro groups is 1. The minimum absolute atomic E-state index is 0.0625. The van der Waals surface area contributed by atoms with E-state index in [1.165, 1.54) is 16.7 Å². The number of nitrogens with zero attached hydrogens (tertiary/aromatic N) is 5. The first kappa shape index (κ1) is 22.7. The van der Waals surface area contributed by atoms with E-state index in [-0.39, 0.29) is 11.6 Å². The van der Waals surface area contributed by atoms with E-state index in [4.69, 9.17) is 9.72 Å². The van der Waals surface area contributed by atoms with Crippen molar-refractivity contribution < 1.29 is 14.5 Å². The molecule has 1 aliphatic carbocycles. The van der Waals surface area contributed by atoms with Gasteiger partial charge in [-0.2, -0.15) is 0 Å². The van der Waals surface area contributed by atoms with Crippen LogP contribution >= 0.6 is 0 Å². The van der Waals surface area contributed by atoms with Gasteiger partial charge in [-0.1, -0.05) is 0 Å². The molecule has 1 aliphatic heterocycles. The maximum Gasteiger partial charge on any atom is 0.420 e. The quantitative estimate of drug-likeness (QED) is 0.523. The van der Waals surface area contributed by atoms with Gasteiger partial charge in [-0.05, 0) is 59.6 Å². The maximum absolute atomic E-state index is 13.1. The van der Waals surface area contributed by atoms with Crippen molar-refractivity contribution in [1.29, 1.82) is 0 Å². The molecule has 1 aromatic carbocycles. The summed E-state index contributed by atoms with van der Waals surface area (Å²) in [6.45, 7) is 9.85. The molecule has 174 valence electrons. The molecule has 1 saturated carbocycles. The molecule has 0 N–H and O–H groups in total. The zero-order valence-electron chi connectivity index (χ0n) is 19.4. The fraction of sp³-hybridized carbons (Fsp3) is 0.652. The lowest BCUT2D eigenvalue weighted by molar-refractivity contribution is -0.384. The molecule has 2 aromatic rings. The molecule has 2 fully saturated rings. The van der Waals surface area contributed by atoms with E-state index in [1.54, 1.807) is 6.07 Å². The van der Waals surface area contributed by atoms with Gasteiger partial charge in [0.1, 0.15) is 11.4 Å². The first-order valence-corrected chi connectivity index (χ1v) is 11.4. The summed E-state index contributed by atoms with van der Waals surface area (Å²) in [4.78, 5) is 33.7. The van der Waals surface area contributed by atoms with Crippen LogP contribution < -0.4 is 0 Å². The Morgan fingerprint density at radius 3 is 2.38 bits per heavy atom. The van der Waals surface area contributed by atoms with Crippen LogP contribution in [0.15, 0.2) is 18.2 Å². The van der Waals surface area contributed by atoms with Crippen molar-refractivity contribution >= 4 is 22.8 Å². The summed E-state index contributed by atoms with van der Waals surface area (Å²) in [7, 11) is 2.17. The van der Waals surface area contributed by atoms with Crippen LogP contribution in [0.3, 0.4) is 0 Å². The highest BCUT2D eigenvalue weighted by Crippen LogP contribution is 2.37. The summed E-state index contributed by atoms with van der Waals surface area (Å²) in [6, 6.07) is 5.04. The lowest BCUT2D eigenvalue weighted by atomic mass is 9.84. The van der Waals surface area contributed by atoms with E-state index in [0.29, 0.717) is 22.9 Å². The zero-order valence-corrected chi connectivity index (χ0v) is 19.4. The number of piperazine rings is 1. The highest BCUT2D eigenvalue weighted by atomic mass is 16.6. The lowest BCUT2D eigenvalue weighted by Gasteiger charge is -2.41. The van der Waals surface area contributed by atoms with Crippen molar-refractivity contribution in [3.8, 4) is 0 Å². The molecule has 0 amide bonds. The topological polar surface area (TPSA) is 93.7 Å². The molecule has 9 nitrogen and oxygen atoms in total. The van der Waals surface area contributed by atoms with Crippen molar-refractivity contribution in [3.63, 3.8) is 0 Å². The molecule has 0 radical (unpaired) electrons. The van der Waals surface area contributed by atoms with E-state index < -0.39 is 16.6 Å². The van der Waals surface area contributed by atoms with Gasteiger partial charge in [-0.25, -0.2) is 14.3 Å². The van der Waals surface area contributed by atoms with Crippen molar-refractivity contribution in [2.45, 2.75) is 64.0 Å². The SMILES string of the molecule is CN1CCN(C2CCC(c3nc4ccc([N+](=O)[O-])cc4n3C(=O)OC(C)(C)C)CC2)CC1. The standard InChI is InChI=1S/C23H33N5O4/c1-23(2,3)32-22(29)27-20-15-18(28(30)31)9-10-19(20)24-21(27)16-5-7-17(8-6-16)26-13-11-25(4)12-14-26/h9-10,15-17H,5-8,11-14H2,1-4H3. The average molecular weight is 444 g/mol. The largest absolute Gasteiger partial charge is 0.443 e. The number of likely N-dealkylation sites (N-methyl/N-ethyl adjacent to an activating group) is 1. The molecule has 1 aromatic heterocycles. The zero-order chi connectivity index (χ0) is 23.0. The third-order valence-corrected chi connectivity index (χ3v) is 6.57. The van der Waals surface area contributed by atoms with Crippen LogP contribution in [0.1, 0.15) is 58.2 Å². The first-order chi connectivity index (χ1) is 15.1. The van der Waals surface area contributed by atoms with Crippen LogP contribution in [-0.4, -0.2) is 75.2 Å². The third kappa shape index (κ3) is 4.78. The number of rotatable bonds is 3. The van der Waals surface area contributed by atoms with E-state index in [9.17, 15) is 14.9 Å². The van der Waals surface area contributed by atoms with Gasteiger partial charge in [0.05, 0.1) is 16.0 Å². The number of hydrogen-bond acceptors (Lipinski definition) is 7. The fourth-order valence-corrected chi connectivity index (χ4v) is 4.86. The summed E-state index contributed by atoms with van der Waals surface area (Å²) >= 11 is 0. The number of fused-ring (bicyclic) bond motifs is 1. The monoisotopic (exact) mass is 443 g/mol. The highest BCUT2D eigenvalue weighted by Gasteiger charge is 2.33. The molecule has 2 aliphatic rings. The Balaban J connectivity index is 1.61. The Morgan fingerprint density at radius 1 is 1.12 bits per heavy atom. The molecule has 4 rings (SSSR count). The molecular formula is C23H33N5O4. The number of non-ortho nitro benzene ring substituents is 1. The van der Waals surface area contributed by atoms with E-state index in [0.717, 1.165) is 51.9 Å². The molecule has 1 saturated heterocycles. The predicted octanol–water partition coefficient (Wildman–Crippen LogP) is 4.00. The van der Waals surface area contributed by atoms with Crippen LogP contribution in [-0.2, 0) is 4.74 Å². The second-order valence-electron chi connectivity index (χ2n) is 10.1. The molecule has 2 heterocycles. The number of carbonyl (C=O) groups is 1. The Kier molecular flexibility index (Phi) is 6.22. The van der Waals surface area contributed by atoms with Gasteiger partial charge in [0, 0.05) is 50.3 Å². The molecule has 0 atom stereocenters. The average Bonchev–Trinajstić information content (AvgIpc) is 3.12. The van der Waals surface area contributed by atoms with Gasteiger partial charge >= 0.3 is 6.09 Å². The maximum atomic E-state index is 13.1. The summed E-state index contributed by atoms with van der Waals surface area (Å²) in [5, 5.41) is 11.3. The van der Waals surface area contributed by atoms with E-state index in [1.807, 2.05) is 20.8 Å². The number of nitro benzene ring substituents is 1. The van der Waals surface area contributed by atoms with Gasteiger partial charge in [0.15, 0.2) is 0 Å². The number of carbonyl (C=O) groups excluding carboxylic acids is 1. The van der Waals surface area contributed by atoms with Gasteiger partial charge in [0.25, 0.3) is 5.69 Å². The molecular weight excluding hydrogens is 410 g/mol. The summed E-state index contributed by atoms with van der Waals surface area (Å²) in [5.74, 6) is 0.782. The number of imidazole rings is 1. The highest BCUT2D eigenvalue weighted by molar-refractivity contribution is 5.89. The van der Waals surface area contributed by atoms with Crippen LogP contribution in [0.5, 0.6) is 0 Å². The van der Waals surface area contributed by atoms with Gasteiger partial charge in [-0.3, -0.25) is 15.0 Å². The van der Waals surface area contributed by atoms with Crippen molar-refractivity contribution in [3.05, 3.63) is 34.1 Å². The molecule has 32 heavy (non-hydrogen) atoms. The second-order valence-corrected chi connectivity index (χ2v) is 10.1. The normalized spacial score (nSPS) is 23.4. The number of ether oxygens (including phenoxy) is 1. The number of benzene rings is 1. The second kappa shape index (κ2) is 8.78. The molecule has 0 spiro atoms. The number of hydrogen-bond donors (Lipinski definition) is 0. The predicted molar refractivity (Wildman–Crippen MR) is 122 cm³/mol. The van der Waals surface area contributed by atoms with Crippen LogP contribution in [0, 0.1) is 10.1 Å². The summed E-state index contributed by atoms with van der Waals surface area (Å²) in [6.07, 6.45) is 3.46. The Bertz CT molecular complexity index is 996. The minimum atomic E-state index is -0.676. The minimum Gasteiger partial charge on any atom is -0.443 e. The Morgan fingerprint density at radius 2 is 1.78 bits per heavy atom. The van der Waals surface area contributed by atoms with Crippen LogP contribution in [0.25, 0.3) is 11.0 Å². The van der Waals surface area contributed by atoms with Crippen molar-refractivity contribution in [1.82, 2.24) is 19.4 Å². The van der Waals surface area contributed by atoms with Gasteiger partial charge in [-0.15, -0.1) is 0 Å². The lowest BCUT2D eigenvalue weighted by Crippen LogP contribution is -2.49. The summed E-state index contributed by atoms with van der Waals surface area (Å²) in [5.41, 5.74) is 0.278. The Labute approximate surface area is 188 Å². The molecule has 0 bridgehead atoms. The smallest absolute Gasteiger partial charge is 0.420 e. The van der Waals surface area contributed by atoms with Gasteiger partial charge < -0.3 is 9.64 Å². The molecule has 0 unspecified atom stereocenters. The van der Waals surface area contributed by atoms with Crippen LogP contribution in [0.2, 0.25) is 0 Å².